The third-order valence-corrected chi connectivity index (χ3v) is 0.848. The lowest BCUT2D eigenvalue weighted by molar-refractivity contribution is -0.138. The van der Waals surface area contributed by atoms with Gasteiger partial charge >= 0.3 is 5.97 Å². The maximum absolute atomic E-state index is 9.97. The number of hydrogen-bond acceptors (Lipinski definition) is 1. The second-order valence-corrected chi connectivity index (χ2v) is 3.76. The number of hydrogen-bond donors (Lipinski definition) is 1. The third kappa shape index (κ3) is 7.95. The number of carboxylic acid groups (broad SMARTS) is 1. The van der Waals surface area contributed by atoms with Crippen molar-refractivity contribution in [1.29, 1.82) is 0 Å². The lowest BCUT2D eigenvalue weighted by Crippen LogP contribution is -2.22. The van der Waals surface area contributed by atoms with Gasteiger partial charge < -0.3 is 5.11 Å². The van der Waals surface area contributed by atoms with Gasteiger partial charge in [-0.2, -0.15) is 0 Å². The zero-order chi connectivity index (χ0) is 8.08. The number of halogens is 1. The Kier molecular flexibility index (Phi) is 6.24. The molecule has 0 fully saturated rings. The molecular formula is C6H13BrO2. The highest BCUT2D eigenvalue weighted by Gasteiger charge is 2.21. The highest BCUT2D eigenvalue weighted by atomic mass is 79.9. The highest BCUT2D eigenvalue weighted by molar-refractivity contribution is 9.10. The summed E-state index contributed by atoms with van der Waals surface area (Å²) in [5.41, 5.74) is 0. The van der Waals surface area contributed by atoms with E-state index in [0.29, 0.717) is 0 Å². The quantitative estimate of drug-likeness (QED) is 0.654. The molecule has 0 unspecified atom stereocenters. The van der Waals surface area contributed by atoms with E-state index in [9.17, 15) is 4.79 Å². The van der Waals surface area contributed by atoms with Crippen LogP contribution in [0.15, 0.2) is 0 Å². The molecule has 0 aromatic heterocycles. The Bertz CT molecular complexity index is 83.5. The van der Waals surface area contributed by atoms with E-state index in [1.54, 1.807) is 13.8 Å². The maximum Gasteiger partial charge on any atom is 0.319 e. The fourth-order valence-electron chi connectivity index (χ4n) is 0. The van der Waals surface area contributed by atoms with Crippen LogP contribution in [-0.4, -0.2) is 15.4 Å². The molecule has 0 aliphatic rings. The third-order valence-electron chi connectivity index (χ3n) is 0.509. The normalized spacial score (nSPS) is 9.44. The first-order chi connectivity index (χ1) is 3.94. The highest BCUT2D eigenvalue weighted by Crippen LogP contribution is 2.14. The predicted octanol–water partition coefficient (Wildman–Crippen LogP) is 2.27. The topological polar surface area (TPSA) is 37.3 Å². The molecule has 0 aliphatic carbocycles. The van der Waals surface area contributed by atoms with Crippen molar-refractivity contribution in [3.8, 4) is 0 Å². The minimum atomic E-state index is -0.840. The average molecular weight is 197 g/mol. The van der Waals surface area contributed by atoms with Crippen LogP contribution in [0.4, 0.5) is 0 Å². The molecule has 0 saturated heterocycles. The van der Waals surface area contributed by atoms with E-state index in [4.69, 9.17) is 5.11 Å². The number of carboxylic acids is 1. The van der Waals surface area contributed by atoms with Crippen molar-refractivity contribution in [3.63, 3.8) is 0 Å². The Morgan fingerprint density at radius 2 is 1.56 bits per heavy atom. The smallest absolute Gasteiger partial charge is 0.319 e. The summed E-state index contributed by atoms with van der Waals surface area (Å²) in [7, 11) is 0. The molecule has 0 saturated carbocycles. The van der Waals surface area contributed by atoms with Crippen LogP contribution in [0, 0.1) is 0 Å². The summed E-state index contributed by atoms with van der Waals surface area (Å²) in [5.74, 6) is -0.840. The Hall–Kier alpha value is -0.0500. The van der Waals surface area contributed by atoms with E-state index >= 15 is 0 Å². The molecule has 0 aliphatic heterocycles. The predicted molar refractivity (Wildman–Crippen MR) is 42.0 cm³/mol. The monoisotopic (exact) mass is 196 g/mol. The SMILES string of the molecule is CC.CC(C)(Br)C(=O)O. The van der Waals surface area contributed by atoms with Crippen LogP contribution in [0.25, 0.3) is 0 Å². The van der Waals surface area contributed by atoms with Crippen LogP contribution >= 0.6 is 15.9 Å². The van der Waals surface area contributed by atoms with E-state index in [0.717, 1.165) is 0 Å². The fourth-order valence-corrected chi connectivity index (χ4v) is 0. The van der Waals surface area contributed by atoms with Gasteiger partial charge in [0.2, 0.25) is 0 Å². The summed E-state index contributed by atoms with van der Waals surface area (Å²) in [4.78, 5) is 9.97. The van der Waals surface area contributed by atoms with Crippen LogP contribution < -0.4 is 0 Å². The second-order valence-electron chi connectivity index (χ2n) is 1.78. The van der Waals surface area contributed by atoms with Crippen molar-refractivity contribution >= 4 is 21.9 Å². The minimum Gasteiger partial charge on any atom is -0.480 e. The molecule has 2 nitrogen and oxygen atoms in total. The van der Waals surface area contributed by atoms with Crippen molar-refractivity contribution in [2.75, 3.05) is 0 Å². The van der Waals surface area contributed by atoms with E-state index in [1.165, 1.54) is 0 Å². The molecule has 0 bridgehead atoms. The first kappa shape index (κ1) is 11.7. The van der Waals surface area contributed by atoms with Gasteiger partial charge in [0, 0.05) is 0 Å². The molecular weight excluding hydrogens is 184 g/mol. The Labute approximate surface area is 64.4 Å². The number of alkyl halides is 1. The number of rotatable bonds is 1. The zero-order valence-electron chi connectivity index (χ0n) is 6.23. The van der Waals surface area contributed by atoms with Crippen molar-refractivity contribution in [2.45, 2.75) is 32.0 Å². The lowest BCUT2D eigenvalue weighted by Gasteiger charge is -2.06. The van der Waals surface area contributed by atoms with Crippen LogP contribution in [0.3, 0.4) is 0 Å². The molecule has 0 atom stereocenters. The molecule has 9 heavy (non-hydrogen) atoms. The number of carbonyl (C=O) groups is 1. The van der Waals surface area contributed by atoms with Gasteiger partial charge in [0.25, 0.3) is 0 Å². The standard InChI is InChI=1S/C4H7BrO2.C2H6/c1-4(2,5)3(6)7;1-2/h1-2H3,(H,6,7);1-2H3. The molecule has 0 aromatic carbocycles. The molecule has 3 heteroatoms. The molecule has 0 spiro atoms. The second kappa shape index (κ2) is 4.79. The largest absolute Gasteiger partial charge is 0.480 e. The summed E-state index contributed by atoms with van der Waals surface area (Å²) < 4.78 is -0.771. The van der Waals surface area contributed by atoms with Crippen molar-refractivity contribution < 1.29 is 9.90 Å². The fraction of sp³-hybridized carbons (Fsp3) is 0.833. The van der Waals surface area contributed by atoms with Gasteiger partial charge in [-0.25, -0.2) is 0 Å². The van der Waals surface area contributed by atoms with E-state index in [-0.39, 0.29) is 0 Å². The average Bonchev–Trinajstić information content (AvgIpc) is 1.69. The molecule has 0 amide bonds. The first-order valence-corrected chi connectivity index (χ1v) is 3.66. The summed E-state index contributed by atoms with van der Waals surface area (Å²) in [6.07, 6.45) is 0. The van der Waals surface area contributed by atoms with Gasteiger partial charge in [-0.05, 0) is 13.8 Å². The van der Waals surface area contributed by atoms with Crippen LogP contribution in [0.2, 0.25) is 0 Å². The van der Waals surface area contributed by atoms with Crippen LogP contribution in [0.5, 0.6) is 0 Å². The zero-order valence-corrected chi connectivity index (χ0v) is 7.82. The van der Waals surface area contributed by atoms with Crippen molar-refractivity contribution in [2.24, 2.45) is 0 Å². The van der Waals surface area contributed by atoms with Gasteiger partial charge in [-0.15, -0.1) is 0 Å². The van der Waals surface area contributed by atoms with E-state index < -0.39 is 10.3 Å². The maximum atomic E-state index is 9.97. The van der Waals surface area contributed by atoms with Crippen LogP contribution in [-0.2, 0) is 4.79 Å². The van der Waals surface area contributed by atoms with Gasteiger partial charge in [-0.3, -0.25) is 4.79 Å². The number of aliphatic carboxylic acids is 1. The first-order valence-electron chi connectivity index (χ1n) is 2.87. The van der Waals surface area contributed by atoms with Gasteiger partial charge in [0.1, 0.15) is 4.32 Å². The van der Waals surface area contributed by atoms with Gasteiger partial charge in [0.05, 0.1) is 0 Å². The summed E-state index contributed by atoms with van der Waals surface area (Å²) in [6, 6.07) is 0. The molecule has 0 rings (SSSR count). The summed E-state index contributed by atoms with van der Waals surface area (Å²) in [6.45, 7) is 7.16. The molecule has 0 heterocycles. The van der Waals surface area contributed by atoms with Gasteiger partial charge in [0.15, 0.2) is 0 Å². The molecule has 1 N–H and O–H groups in total. The Balaban J connectivity index is 0. The van der Waals surface area contributed by atoms with E-state index in [1.807, 2.05) is 13.8 Å². The Morgan fingerprint density at radius 3 is 1.56 bits per heavy atom. The van der Waals surface area contributed by atoms with Crippen molar-refractivity contribution in [1.82, 2.24) is 0 Å². The molecule has 56 valence electrons. The lowest BCUT2D eigenvalue weighted by atomic mass is 10.2. The minimum absolute atomic E-state index is 0.771. The Morgan fingerprint density at radius 1 is 1.44 bits per heavy atom. The molecule has 0 aromatic rings. The van der Waals surface area contributed by atoms with Crippen molar-refractivity contribution in [3.05, 3.63) is 0 Å². The molecule has 0 radical (unpaired) electrons. The van der Waals surface area contributed by atoms with Gasteiger partial charge in [-0.1, -0.05) is 29.8 Å². The van der Waals surface area contributed by atoms with E-state index in [2.05, 4.69) is 15.9 Å². The summed E-state index contributed by atoms with van der Waals surface area (Å²) >= 11 is 2.94. The summed E-state index contributed by atoms with van der Waals surface area (Å²) in [5, 5.41) is 8.20. The van der Waals surface area contributed by atoms with Crippen LogP contribution in [0.1, 0.15) is 27.7 Å².